The molecule has 0 fully saturated rings. The van der Waals surface area contributed by atoms with Crippen molar-refractivity contribution >= 4 is 22.8 Å². The van der Waals surface area contributed by atoms with Crippen molar-refractivity contribution in [2.75, 3.05) is 5.75 Å². The van der Waals surface area contributed by atoms with E-state index in [1.54, 1.807) is 7.05 Å². The fourth-order valence-electron chi connectivity index (χ4n) is 1.04. The zero-order chi connectivity index (χ0) is 10.7. The number of carboxylic acid groups (broad SMARTS) is 1. The van der Waals surface area contributed by atoms with Crippen molar-refractivity contribution in [2.24, 2.45) is 7.05 Å². The van der Waals surface area contributed by atoms with Gasteiger partial charge in [-0.1, -0.05) is 18.7 Å². The van der Waals surface area contributed by atoms with E-state index in [1.165, 1.54) is 10.9 Å². The van der Waals surface area contributed by atoms with Crippen LogP contribution in [0.25, 0.3) is 0 Å². The van der Waals surface area contributed by atoms with Gasteiger partial charge in [-0.3, -0.25) is 9.48 Å². The van der Waals surface area contributed by atoms with E-state index in [2.05, 4.69) is 5.10 Å². The fraction of sp³-hybridized carbons (Fsp3) is 0.375. The maximum absolute atomic E-state index is 11.5. The molecule has 0 saturated heterocycles. The molecule has 0 aliphatic heterocycles. The van der Waals surface area contributed by atoms with Crippen molar-refractivity contribution < 1.29 is 14.7 Å². The van der Waals surface area contributed by atoms with E-state index in [4.69, 9.17) is 5.11 Å². The van der Waals surface area contributed by atoms with Gasteiger partial charge in [0.2, 0.25) is 5.12 Å². The lowest BCUT2D eigenvalue weighted by Gasteiger charge is -2.00. The zero-order valence-corrected chi connectivity index (χ0v) is 8.67. The van der Waals surface area contributed by atoms with Gasteiger partial charge < -0.3 is 5.11 Å². The molecular formula is C8H10N2O3S. The van der Waals surface area contributed by atoms with Gasteiger partial charge >= 0.3 is 5.97 Å². The van der Waals surface area contributed by atoms with Crippen molar-refractivity contribution in [3.8, 4) is 0 Å². The van der Waals surface area contributed by atoms with E-state index in [1.807, 2.05) is 6.92 Å². The van der Waals surface area contributed by atoms with E-state index < -0.39 is 5.97 Å². The molecule has 1 aromatic rings. The molecule has 0 aromatic carbocycles. The first kappa shape index (κ1) is 10.8. The van der Waals surface area contributed by atoms with Crippen LogP contribution in [-0.4, -0.2) is 31.7 Å². The molecule has 0 spiro atoms. The number of aromatic carboxylic acids is 1. The number of aromatic nitrogens is 2. The summed E-state index contributed by atoms with van der Waals surface area (Å²) in [5, 5.41) is 12.3. The maximum Gasteiger partial charge on any atom is 0.339 e. The van der Waals surface area contributed by atoms with Crippen LogP contribution in [0, 0.1) is 0 Å². The van der Waals surface area contributed by atoms with Crippen LogP contribution in [0.2, 0.25) is 0 Å². The van der Waals surface area contributed by atoms with Gasteiger partial charge in [-0.25, -0.2) is 4.79 Å². The Kier molecular flexibility index (Phi) is 3.29. The zero-order valence-electron chi connectivity index (χ0n) is 7.85. The molecule has 1 rings (SSSR count). The lowest BCUT2D eigenvalue weighted by atomic mass is 10.2. The summed E-state index contributed by atoms with van der Waals surface area (Å²) < 4.78 is 1.29. The average molecular weight is 214 g/mol. The molecule has 1 aromatic heterocycles. The monoisotopic (exact) mass is 214 g/mol. The molecule has 1 heterocycles. The molecule has 0 atom stereocenters. The second kappa shape index (κ2) is 4.28. The number of hydrogen-bond donors (Lipinski definition) is 1. The van der Waals surface area contributed by atoms with Crippen LogP contribution in [0.4, 0.5) is 0 Å². The minimum absolute atomic E-state index is 0.0431. The highest BCUT2D eigenvalue weighted by molar-refractivity contribution is 8.14. The minimum atomic E-state index is -1.13. The third kappa shape index (κ3) is 1.95. The molecule has 0 aliphatic carbocycles. The summed E-state index contributed by atoms with van der Waals surface area (Å²) in [5.74, 6) is -0.513. The Morgan fingerprint density at radius 3 is 2.79 bits per heavy atom. The first-order chi connectivity index (χ1) is 6.57. The number of rotatable bonds is 3. The topological polar surface area (TPSA) is 72.2 Å². The molecular weight excluding hydrogens is 204 g/mol. The number of hydrogen-bond acceptors (Lipinski definition) is 4. The van der Waals surface area contributed by atoms with Crippen molar-refractivity contribution in [2.45, 2.75) is 6.92 Å². The van der Waals surface area contributed by atoms with Gasteiger partial charge in [-0.05, 0) is 5.75 Å². The number of carbonyl (C=O) groups excluding carboxylic acids is 1. The van der Waals surface area contributed by atoms with Gasteiger partial charge in [0.25, 0.3) is 0 Å². The number of nitrogens with zero attached hydrogens (tertiary/aromatic N) is 2. The highest BCUT2D eigenvalue weighted by Gasteiger charge is 2.21. The molecule has 14 heavy (non-hydrogen) atoms. The summed E-state index contributed by atoms with van der Waals surface area (Å²) in [6, 6.07) is 0. The van der Waals surface area contributed by atoms with Gasteiger partial charge in [-0.15, -0.1) is 0 Å². The second-order valence-electron chi connectivity index (χ2n) is 2.56. The third-order valence-electron chi connectivity index (χ3n) is 1.64. The largest absolute Gasteiger partial charge is 0.478 e. The number of thioether (sulfide) groups is 1. The fourth-order valence-corrected chi connectivity index (χ4v) is 1.68. The van der Waals surface area contributed by atoms with Gasteiger partial charge in [-0.2, -0.15) is 5.10 Å². The Morgan fingerprint density at radius 2 is 2.29 bits per heavy atom. The van der Waals surface area contributed by atoms with E-state index in [0.717, 1.165) is 11.8 Å². The Labute approximate surface area is 85.1 Å². The Hall–Kier alpha value is -1.30. The molecule has 0 saturated carbocycles. The van der Waals surface area contributed by atoms with E-state index in [0.29, 0.717) is 5.75 Å². The minimum Gasteiger partial charge on any atom is -0.478 e. The smallest absolute Gasteiger partial charge is 0.339 e. The first-order valence-electron chi connectivity index (χ1n) is 4.00. The second-order valence-corrected chi connectivity index (χ2v) is 3.79. The summed E-state index contributed by atoms with van der Waals surface area (Å²) in [6.45, 7) is 1.83. The summed E-state index contributed by atoms with van der Waals surface area (Å²) >= 11 is 1.07. The van der Waals surface area contributed by atoms with Crippen LogP contribution >= 0.6 is 11.8 Å². The summed E-state index contributed by atoms with van der Waals surface area (Å²) in [6.07, 6.45) is 1.19. The average Bonchev–Trinajstić information content (AvgIpc) is 2.47. The highest BCUT2D eigenvalue weighted by Crippen LogP contribution is 2.15. The first-order valence-corrected chi connectivity index (χ1v) is 4.99. The maximum atomic E-state index is 11.5. The van der Waals surface area contributed by atoms with Crippen LogP contribution in [0.5, 0.6) is 0 Å². The van der Waals surface area contributed by atoms with E-state index >= 15 is 0 Å². The molecule has 0 amide bonds. The van der Waals surface area contributed by atoms with Crippen LogP contribution in [-0.2, 0) is 7.05 Å². The highest BCUT2D eigenvalue weighted by atomic mass is 32.2. The molecule has 0 radical (unpaired) electrons. The van der Waals surface area contributed by atoms with Gasteiger partial charge in [0.15, 0.2) is 0 Å². The summed E-state index contributed by atoms with van der Waals surface area (Å²) in [7, 11) is 1.55. The van der Waals surface area contributed by atoms with Crippen molar-refractivity contribution in [3.63, 3.8) is 0 Å². The van der Waals surface area contributed by atoms with Crippen molar-refractivity contribution in [1.29, 1.82) is 0 Å². The molecule has 0 unspecified atom stereocenters. The van der Waals surface area contributed by atoms with E-state index in [-0.39, 0.29) is 16.4 Å². The summed E-state index contributed by atoms with van der Waals surface area (Å²) in [4.78, 5) is 22.2. The summed E-state index contributed by atoms with van der Waals surface area (Å²) in [5.41, 5.74) is 0.0998. The van der Waals surface area contributed by atoms with Gasteiger partial charge in [0.05, 0.1) is 6.20 Å². The van der Waals surface area contributed by atoms with Crippen molar-refractivity contribution in [1.82, 2.24) is 9.78 Å². The third-order valence-corrected chi connectivity index (χ3v) is 2.38. The molecule has 5 nitrogen and oxygen atoms in total. The molecule has 1 N–H and O–H groups in total. The van der Waals surface area contributed by atoms with Crippen LogP contribution in [0.3, 0.4) is 0 Å². The quantitative estimate of drug-likeness (QED) is 0.813. The normalized spacial score (nSPS) is 10.1. The van der Waals surface area contributed by atoms with Crippen LogP contribution < -0.4 is 0 Å². The van der Waals surface area contributed by atoms with Crippen LogP contribution in [0.15, 0.2) is 6.20 Å². The number of aryl methyl sites for hydroxylation is 1. The van der Waals surface area contributed by atoms with Crippen LogP contribution in [0.1, 0.15) is 27.8 Å². The predicted molar refractivity (Wildman–Crippen MR) is 52.6 cm³/mol. The molecule has 0 aliphatic rings. The number of carboxylic acids is 1. The molecule has 0 bridgehead atoms. The molecule has 6 heteroatoms. The Morgan fingerprint density at radius 1 is 1.64 bits per heavy atom. The Balaban J connectivity index is 3.11. The number of carbonyl (C=O) groups is 2. The SMILES string of the molecule is CCSC(=O)c1c(C(=O)O)cnn1C. The Bertz CT molecular complexity index is 373. The lowest BCUT2D eigenvalue weighted by Crippen LogP contribution is -2.09. The van der Waals surface area contributed by atoms with Crippen molar-refractivity contribution in [3.05, 3.63) is 17.5 Å². The molecule has 76 valence electrons. The van der Waals surface area contributed by atoms with Gasteiger partial charge in [0.1, 0.15) is 11.3 Å². The standard InChI is InChI=1S/C8H10N2O3S/c1-3-14-8(13)6-5(7(11)12)4-9-10(6)2/h4H,3H2,1-2H3,(H,11,12). The van der Waals surface area contributed by atoms with Gasteiger partial charge in [0, 0.05) is 7.05 Å². The lowest BCUT2D eigenvalue weighted by molar-refractivity contribution is 0.0693. The van der Waals surface area contributed by atoms with E-state index in [9.17, 15) is 9.59 Å². The predicted octanol–water partition coefficient (Wildman–Crippen LogP) is 1.01.